The summed E-state index contributed by atoms with van der Waals surface area (Å²) in [5.41, 5.74) is 8.08. The quantitative estimate of drug-likeness (QED) is 0.603. The molecule has 0 radical (unpaired) electrons. The lowest BCUT2D eigenvalue weighted by Gasteiger charge is -2.40. The number of rotatable bonds is 5. The molecule has 35 heavy (non-hydrogen) atoms. The van der Waals surface area contributed by atoms with Crippen LogP contribution in [0.15, 0.2) is 30.6 Å². The van der Waals surface area contributed by atoms with Crippen LogP contribution in [0.2, 0.25) is 0 Å². The fourth-order valence-electron chi connectivity index (χ4n) is 5.51. The van der Waals surface area contributed by atoms with E-state index in [9.17, 15) is 4.79 Å². The third-order valence-corrected chi connectivity index (χ3v) is 7.51. The monoisotopic (exact) mass is 479 g/mol. The molecule has 2 N–H and O–H groups in total. The number of hydrogen-bond acceptors (Lipinski definition) is 6. The summed E-state index contributed by atoms with van der Waals surface area (Å²) in [6, 6.07) is 6.68. The van der Waals surface area contributed by atoms with Crippen LogP contribution in [0.1, 0.15) is 55.6 Å². The van der Waals surface area contributed by atoms with E-state index in [1.165, 1.54) is 5.56 Å². The van der Waals surface area contributed by atoms with E-state index < -0.39 is 5.67 Å². The Labute approximate surface area is 205 Å². The molecule has 186 valence electrons. The number of aromatic nitrogens is 4. The molecule has 0 atom stereocenters. The van der Waals surface area contributed by atoms with Crippen molar-refractivity contribution in [1.82, 2.24) is 29.3 Å². The molecule has 4 heterocycles. The summed E-state index contributed by atoms with van der Waals surface area (Å²) < 4.78 is 18.1. The lowest BCUT2D eigenvalue weighted by atomic mass is 9.90. The molecule has 0 bridgehead atoms. The summed E-state index contributed by atoms with van der Waals surface area (Å²) in [5, 5.41) is 0. The van der Waals surface area contributed by atoms with Crippen LogP contribution in [0.4, 0.5) is 10.3 Å². The van der Waals surface area contributed by atoms with Gasteiger partial charge < -0.3 is 15.2 Å². The van der Waals surface area contributed by atoms with Gasteiger partial charge in [-0.15, -0.1) is 0 Å². The maximum atomic E-state index is 15.8. The van der Waals surface area contributed by atoms with E-state index in [-0.39, 0.29) is 30.7 Å². The van der Waals surface area contributed by atoms with Crippen LogP contribution in [-0.4, -0.2) is 67.1 Å². The van der Waals surface area contributed by atoms with Gasteiger partial charge in [-0.3, -0.25) is 9.69 Å². The largest absolute Gasteiger partial charge is 0.368 e. The van der Waals surface area contributed by atoms with Gasteiger partial charge in [0.25, 0.3) is 5.91 Å². The molecule has 0 unspecified atom stereocenters. The van der Waals surface area contributed by atoms with Crippen molar-refractivity contribution in [2.24, 2.45) is 0 Å². The predicted octanol–water partition coefficient (Wildman–Crippen LogP) is 3.45. The van der Waals surface area contributed by atoms with Gasteiger partial charge in [0, 0.05) is 76.0 Å². The number of halogens is 1. The average Bonchev–Trinajstić information content (AvgIpc) is 3.24. The van der Waals surface area contributed by atoms with E-state index in [2.05, 4.69) is 51.5 Å². The molecule has 8 nitrogen and oxygen atoms in total. The zero-order valence-corrected chi connectivity index (χ0v) is 20.6. The van der Waals surface area contributed by atoms with Crippen molar-refractivity contribution in [2.75, 3.05) is 31.9 Å². The smallest absolute Gasteiger partial charge is 0.260 e. The number of piperidine rings is 2. The van der Waals surface area contributed by atoms with Crippen LogP contribution in [0.3, 0.4) is 0 Å². The second-order valence-electron chi connectivity index (χ2n) is 9.96. The van der Waals surface area contributed by atoms with E-state index in [1.54, 1.807) is 17.3 Å². The Morgan fingerprint density at radius 2 is 1.83 bits per heavy atom. The van der Waals surface area contributed by atoms with Crippen LogP contribution < -0.4 is 5.73 Å². The van der Waals surface area contributed by atoms with Crippen LogP contribution in [0.5, 0.6) is 0 Å². The Kier molecular flexibility index (Phi) is 6.44. The molecule has 0 spiro atoms. The van der Waals surface area contributed by atoms with E-state index in [4.69, 9.17) is 10.7 Å². The first-order valence-corrected chi connectivity index (χ1v) is 12.6. The van der Waals surface area contributed by atoms with Crippen molar-refractivity contribution >= 4 is 22.9 Å². The molecule has 2 saturated heterocycles. The Morgan fingerprint density at radius 1 is 1.14 bits per heavy atom. The van der Waals surface area contributed by atoms with Gasteiger partial charge in [-0.25, -0.2) is 19.3 Å². The Hall–Kier alpha value is -3.07. The van der Waals surface area contributed by atoms with Crippen LogP contribution in [0, 0.1) is 6.92 Å². The number of benzene rings is 1. The maximum Gasteiger partial charge on any atom is 0.260 e. The predicted molar refractivity (Wildman–Crippen MR) is 133 cm³/mol. The number of amides is 1. The van der Waals surface area contributed by atoms with Crippen LogP contribution >= 0.6 is 0 Å². The number of alkyl halides is 1. The molecule has 2 aromatic heterocycles. The third kappa shape index (κ3) is 4.74. The highest BCUT2D eigenvalue weighted by Gasteiger charge is 2.44. The van der Waals surface area contributed by atoms with Crippen molar-refractivity contribution in [2.45, 2.75) is 64.2 Å². The summed E-state index contributed by atoms with van der Waals surface area (Å²) in [7, 11) is 0. The van der Waals surface area contributed by atoms with Crippen molar-refractivity contribution in [3.8, 4) is 0 Å². The molecule has 9 heteroatoms. The number of imidazole rings is 1. The SMILES string of the molecule is CCc1nc2cc(C)ccc2n1C1CCN(C(=O)C2(F)CCN(Cc3cnc(N)nc3)CC2)CC1. The van der Waals surface area contributed by atoms with E-state index in [1.807, 2.05) is 0 Å². The molecule has 2 fully saturated rings. The standard InChI is InChI=1S/C26H34FN7O/c1-3-23-31-21-14-18(2)4-5-22(21)34(23)20-6-10-33(11-7-20)24(35)26(27)8-12-32(13-9-26)17-19-15-29-25(28)30-16-19/h4-5,14-16,20H,3,6-13,17H2,1-2H3,(H2,28,29,30). The lowest BCUT2D eigenvalue weighted by Crippen LogP contribution is -2.54. The normalized spacial score (nSPS) is 19.3. The summed E-state index contributed by atoms with van der Waals surface area (Å²) in [4.78, 5) is 30.0. The number of nitrogen functional groups attached to an aromatic ring is 1. The maximum absolute atomic E-state index is 15.8. The fraction of sp³-hybridized carbons (Fsp3) is 0.538. The minimum atomic E-state index is -1.78. The lowest BCUT2D eigenvalue weighted by molar-refractivity contribution is -0.148. The molecule has 3 aromatic rings. The van der Waals surface area contributed by atoms with Crippen molar-refractivity contribution in [3.05, 3.63) is 47.5 Å². The first-order chi connectivity index (χ1) is 16.9. The van der Waals surface area contributed by atoms with Gasteiger partial charge in [-0.2, -0.15) is 0 Å². The average molecular weight is 480 g/mol. The van der Waals surface area contributed by atoms with Crippen molar-refractivity contribution in [1.29, 1.82) is 0 Å². The molecule has 1 amide bonds. The van der Waals surface area contributed by atoms with Gasteiger partial charge in [-0.05, 0) is 37.5 Å². The van der Waals surface area contributed by atoms with Crippen LogP contribution in [-0.2, 0) is 17.8 Å². The fourth-order valence-corrected chi connectivity index (χ4v) is 5.51. The Bertz CT molecular complexity index is 1190. The third-order valence-electron chi connectivity index (χ3n) is 7.51. The first-order valence-electron chi connectivity index (χ1n) is 12.6. The van der Waals surface area contributed by atoms with Crippen molar-refractivity contribution < 1.29 is 9.18 Å². The van der Waals surface area contributed by atoms with E-state index in [0.29, 0.717) is 32.7 Å². The topological polar surface area (TPSA) is 93.2 Å². The Morgan fingerprint density at radius 3 is 2.49 bits per heavy atom. The number of likely N-dealkylation sites (tertiary alicyclic amines) is 2. The summed E-state index contributed by atoms with van der Waals surface area (Å²) in [5.74, 6) is 0.983. The number of nitrogens with zero attached hydrogens (tertiary/aromatic N) is 6. The highest BCUT2D eigenvalue weighted by Crippen LogP contribution is 2.34. The second kappa shape index (κ2) is 9.53. The van der Waals surface area contributed by atoms with Gasteiger partial charge in [0.05, 0.1) is 11.0 Å². The van der Waals surface area contributed by atoms with Crippen molar-refractivity contribution in [3.63, 3.8) is 0 Å². The number of carbonyl (C=O) groups excluding carboxylic acids is 1. The van der Waals surface area contributed by atoms with E-state index in [0.717, 1.165) is 41.7 Å². The van der Waals surface area contributed by atoms with Gasteiger partial charge >= 0.3 is 0 Å². The number of nitrogens with two attached hydrogens (primary N) is 1. The van der Waals surface area contributed by atoms with Gasteiger partial charge in [-0.1, -0.05) is 13.0 Å². The summed E-state index contributed by atoms with van der Waals surface area (Å²) in [6.45, 7) is 7.06. The number of fused-ring (bicyclic) bond motifs is 1. The minimum absolute atomic E-state index is 0.215. The number of carbonyl (C=O) groups is 1. The zero-order chi connectivity index (χ0) is 24.6. The molecular weight excluding hydrogens is 445 g/mol. The molecule has 2 aliphatic heterocycles. The molecule has 2 aliphatic rings. The summed E-state index contributed by atoms with van der Waals surface area (Å²) in [6.07, 6.45) is 6.32. The molecule has 0 aliphatic carbocycles. The number of aryl methyl sites for hydroxylation is 2. The Balaban J connectivity index is 1.20. The summed E-state index contributed by atoms with van der Waals surface area (Å²) >= 11 is 0. The molecule has 5 rings (SSSR count). The van der Waals surface area contributed by atoms with Gasteiger partial charge in [0.2, 0.25) is 5.95 Å². The van der Waals surface area contributed by atoms with E-state index >= 15 is 4.39 Å². The van der Waals surface area contributed by atoms with Crippen LogP contribution in [0.25, 0.3) is 11.0 Å². The van der Waals surface area contributed by atoms with Gasteiger partial charge in [0.1, 0.15) is 5.82 Å². The first kappa shape index (κ1) is 23.7. The molecule has 0 saturated carbocycles. The highest BCUT2D eigenvalue weighted by atomic mass is 19.1. The highest BCUT2D eigenvalue weighted by molar-refractivity contribution is 5.85. The number of anilines is 1. The molecule has 1 aromatic carbocycles. The number of hydrogen-bond donors (Lipinski definition) is 1. The molecular formula is C26H34FN7O. The van der Waals surface area contributed by atoms with Gasteiger partial charge in [0.15, 0.2) is 5.67 Å². The minimum Gasteiger partial charge on any atom is -0.368 e. The second-order valence-corrected chi connectivity index (χ2v) is 9.96. The zero-order valence-electron chi connectivity index (χ0n) is 20.6.